The molecule has 0 unspecified atom stereocenters. The van der Waals surface area contributed by atoms with Gasteiger partial charge in [-0.1, -0.05) is 26.0 Å². The number of benzene rings is 1. The van der Waals surface area contributed by atoms with Crippen LogP contribution in [-0.2, 0) is 4.79 Å². The van der Waals surface area contributed by atoms with Crippen LogP contribution >= 0.6 is 11.3 Å². The molecular weight excluding hydrogens is 372 g/mol. The van der Waals surface area contributed by atoms with E-state index in [1.54, 1.807) is 31.4 Å². The number of carbonyl (C=O) groups is 3. The number of carbonyl (C=O) groups excluding carboxylic acids is 3. The number of nitro benzene ring substituents is 1. The summed E-state index contributed by atoms with van der Waals surface area (Å²) in [5.41, 5.74) is 4.22. The van der Waals surface area contributed by atoms with Crippen molar-refractivity contribution < 1.29 is 19.3 Å². The third-order valence-corrected chi connectivity index (χ3v) is 4.47. The maximum absolute atomic E-state index is 12.4. The molecule has 3 N–H and O–H groups in total. The van der Waals surface area contributed by atoms with Crippen LogP contribution in [0.5, 0.6) is 0 Å². The van der Waals surface area contributed by atoms with Gasteiger partial charge in [0.25, 0.3) is 23.4 Å². The third-order valence-electron chi connectivity index (χ3n) is 3.60. The van der Waals surface area contributed by atoms with Gasteiger partial charge in [0.2, 0.25) is 0 Å². The largest absolute Gasteiger partial charge is 0.339 e. The Morgan fingerprint density at radius 3 is 2.41 bits per heavy atom. The summed E-state index contributed by atoms with van der Waals surface area (Å²) in [4.78, 5) is 47.2. The molecule has 10 heteroatoms. The molecule has 0 radical (unpaired) electrons. The summed E-state index contributed by atoms with van der Waals surface area (Å²) < 4.78 is 0. The van der Waals surface area contributed by atoms with Gasteiger partial charge in [-0.2, -0.15) is 0 Å². The van der Waals surface area contributed by atoms with Crippen LogP contribution in [0.25, 0.3) is 0 Å². The van der Waals surface area contributed by atoms with Crippen molar-refractivity contribution in [3.05, 3.63) is 62.3 Å². The first-order valence-electron chi connectivity index (χ1n) is 7.98. The molecule has 0 aliphatic rings. The van der Waals surface area contributed by atoms with E-state index in [9.17, 15) is 24.5 Å². The Kier molecular flexibility index (Phi) is 6.61. The lowest BCUT2D eigenvalue weighted by Gasteiger charge is -2.21. The molecule has 3 amide bonds. The summed E-state index contributed by atoms with van der Waals surface area (Å²) >= 11 is 1.25. The van der Waals surface area contributed by atoms with Gasteiger partial charge in [0.05, 0.1) is 9.80 Å². The first kappa shape index (κ1) is 20.0. The number of nitro groups is 1. The lowest BCUT2D eigenvalue weighted by molar-refractivity contribution is -0.384. The number of hydrazine groups is 1. The lowest BCUT2D eigenvalue weighted by Crippen LogP contribution is -2.54. The number of non-ortho nitro benzene ring substituents is 1. The van der Waals surface area contributed by atoms with Gasteiger partial charge < -0.3 is 5.32 Å². The average Bonchev–Trinajstić information content (AvgIpc) is 3.18. The Bertz CT molecular complexity index is 851. The SMILES string of the molecule is CC(C)[C@@H](NC(=O)c1cccs1)C(=O)NNC(=O)c1cccc([N+](=O)[O-])c1. The summed E-state index contributed by atoms with van der Waals surface area (Å²) in [6.45, 7) is 3.50. The van der Waals surface area contributed by atoms with Crippen LogP contribution in [0.4, 0.5) is 5.69 Å². The van der Waals surface area contributed by atoms with Crippen LogP contribution in [0.3, 0.4) is 0 Å². The van der Waals surface area contributed by atoms with Crippen molar-refractivity contribution in [1.82, 2.24) is 16.2 Å². The van der Waals surface area contributed by atoms with Gasteiger partial charge in [0.1, 0.15) is 6.04 Å². The molecule has 1 heterocycles. The number of nitrogens with zero attached hydrogens (tertiary/aromatic N) is 1. The van der Waals surface area contributed by atoms with Crippen LogP contribution < -0.4 is 16.2 Å². The Labute approximate surface area is 158 Å². The first-order chi connectivity index (χ1) is 12.8. The molecule has 1 aromatic carbocycles. The third kappa shape index (κ3) is 5.35. The van der Waals surface area contributed by atoms with Crippen LogP contribution in [-0.4, -0.2) is 28.7 Å². The van der Waals surface area contributed by atoms with Gasteiger partial charge in [-0.05, 0) is 23.4 Å². The molecule has 2 rings (SSSR count). The van der Waals surface area contributed by atoms with Crippen molar-refractivity contribution in [3.63, 3.8) is 0 Å². The maximum Gasteiger partial charge on any atom is 0.270 e. The van der Waals surface area contributed by atoms with Crippen LogP contribution in [0.1, 0.15) is 33.9 Å². The van der Waals surface area contributed by atoms with E-state index in [0.717, 1.165) is 6.07 Å². The van der Waals surface area contributed by atoms with Crippen LogP contribution in [0.2, 0.25) is 0 Å². The Balaban J connectivity index is 1.99. The molecule has 142 valence electrons. The zero-order chi connectivity index (χ0) is 20.0. The number of thiophene rings is 1. The zero-order valence-corrected chi connectivity index (χ0v) is 15.4. The minimum absolute atomic E-state index is 0.0215. The summed E-state index contributed by atoms with van der Waals surface area (Å²) in [6.07, 6.45) is 0. The lowest BCUT2D eigenvalue weighted by atomic mass is 10.0. The van der Waals surface area contributed by atoms with Gasteiger partial charge in [-0.25, -0.2) is 0 Å². The molecule has 27 heavy (non-hydrogen) atoms. The minimum atomic E-state index is -0.870. The highest BCUT2D eigenvalue weighted by atomic mass is 32.1. The minimum Gasteiger partial charge on any atom is -0.339 e. The molecule has 9 nitrogen and oxygen atoms in total. The molecular formula is C17H18N4O5S. The standard InChI is InChI=1S/C17H18N4O5S/c1-10(2)14(18-16(23)13-7-4-8-27-13)17(24)20-19-15(22)11-5-3-6-12(9-11)21(25)26/h3-10,14H,1-2H3,(H,18,23)(H,19,22)(H,20,24)/t14-/m1/s1. The predicted molar refractivity (Wildman–Crippen MR) is 99.1 cm³/mol. The molecule has 0 aliphatic heterocycles. The van der Waals surface area contributed by atoms with E-state index >= 15 is 0 Å². The predicted octanol–water partition coefficient (Wildman–Crippen LogP) is 1.87. The van der Waals surface area contributed by atoms with E-state index in [1.807, 2.05) is 0 Å². The van der Waals surface area contributed by atoms with E-state index in [2.05, 4.69) is 16.2 Å². The number of hydrogen-bond acceptors (Lipinski definition) is 6. The highest BCUT2D eigenvalue weighted by Crippen LogP contribution is 2.13. The summed E-state index contributed by atoms with van der Waals surface area (Å²) in [6, 6.07) is 7.59. The normalized spacial score (nSPS) is 11.5. The zero-order valence-electron chi connectivity index (χ0n) is 14.6. The van der Waals surface area contributed by atoms with Crippen molar-refractivity contribution in [2.24, 2.45) is 5.92 Å². The van der Waals surface area contributed by atoms with E-state index in [-0.39, 0.29) is 23.1 Å². The highest BCUT2D eigenvalue weighted by Gasteiger charge is 2.25. The second-order valence-electron chi connectivity index (χ2n) is 5.92. The Morgan fingerprint density at radius 1 is 1.07 bits per heavy atom. The Morgan fingerprint density at radius 2 is 1.81 bits per heavy atom. The second-order valence-corrected chi connectivity index (χ2v) is 6.87. The molecule has 0 spiro atoms. The van der Waals surface area contributed by atoms with E-state index in [0.29, 0.717) is 4.88 Å². The van der Waals surface area contributed by atoms with Gasteiger partial charge >= 0.3 is 0 Å². The average molecular weight is 390 g/mol. The molecule has 1 aromatic heterocycles. The fraction of sp³-hybridized carbons (Fsp3) is 0.235. The molecule has 0 fully saturated rings. The fourth-order valence-corrected chi connectivity index (χ4v) is 2.81. The van der Waals surface area contributed by atoms with E-state index in [1.165, 1.54) is 29.5 Å². The Hall–Kier alpha value is -3.27. The van der Waals surface area contributed by atoms with Gasteiger partial charge in [0, 0.05) is 17.7 Å². The quantitative estimate of drug-likeness (QED) is 0.512. The van der Waals surface area contributed by atoms with Crippen molar-refractivity contribution in [2.75, 3.05) is 0 Å². The molecule has 1 atom stereocenters. The first-order valence-corrected chi connectivity index (χ1v) is 8.86. The van der Waals surface area contributed by atoms with E-state index < -0.39 is 22.8 Å². The van der Waals surface area contributed by atoms with Gasteiger partial charge in [0.15, 0.2) is 0 Å². The molecule has 0 saturated heterocycles. The number of amides is 3. The van der Waals surface area contributed by atoms with Gasteiger partial charge in [-0.15, -0.1) is 11.3 Å². The van der Waals surface area contributed by atoms with Crippen molar-refractivity contribution in [2.45, 2.75) is 19.9 Å². The van der Waals surface area contributed by atoms with Crippen molar-refractivity contribution in [3.8, 4) is 0 Å². The molecule has 0 saturated carbocycles. The smallest absolute Gasteiger partial charge is 0.270 e. The number of hydrogen-bond donors (Lipinski definition) is 3. The summed E-state index contributed by atoms with van der Waals surface area (Å²) in [5.74, 6) is -1.93. The second kappa shape index (κ2) is 8.90. The summed E-state index contributed by atoms with van der Waals surface area (Å²) in [5, 5.41) is 15.1. The number of nitrogens with one attached hydrogen (secondary N) is 3. The topological polar surface area (TPSA) is 130 Å². The van der Waals surface area contributed by atoms with Crippen molar-refractivity contribution >= 4 is 34.7 Å². The molecule has 2 aromatic rings. The highest BCUT2D eigenvalue weighted by molar-refractivity contribution is 7.12. The van der Waals surface area contributed by atoms with Crippen LogP contribution in [0.15, 0.2) is 41.8 Å². The molecule has 0 bridgehead atoms. The molecule has 0 aliphatic carbocycles. The van der Waals surface area contributed by atoms with Crippen LogP contribution in [0, 0.1) is 16.0 Å². The number of rotatable bonds is 6. The van der Waals surface area contributed by atoms with Gasteiger partial charge in [-0.3, -0.25) is 35.3 Å². The van der Waals surface area contributed by atoms with Crippen molar-refractivity contribution in [1.29, 1.82) is 0 Å². The fourth-order valence-electron chi connectivity index (χ4n) is 2.18. The van der Waals surface area contributed by atoms with E-state index in [4.69, 9.17) is 0 Å². The maximum atomic E-state index is 12.4. The summed E-state index contributed by atoms with van der Waals surface area (Å²) in [7, 11) is 0. The monoisotopic (exact) mass is 390 g/mol.